The summed E-state index contributed by atoms with van der Waals surface area (Å²) in [6.45, 7) is 7.34. The number of amides is 1. The molecule has 0 saturated carbocycles. The van der Waals surface area contributed by atoms with Gasteiger partial charge in [-0.25, -0.2) is 0 Å². The van der Waals surface area contributed by atoms with E-state index < -0.39 is 0 Å². The van der Waals surface area contributed by atoms with E-state index in [2.05, 4.69) is 15.5 Å². The molecule has 1 heterocycles. The number of carbonyl (C=O) groups excluding carboxylic acids is 1. The lowest BCUT2D eigenvalue weighted by atomic mass is 10.2. The number of halogens is 2. The second kappa shape index (κ2) is 11.4. The molecule has 1 N–H and O–H groups in total. The molecule has 0 aliphatic carbocycles. The topological polar surface area (TPSA) is 78.3 Å². The third-order valence-corrected chi connectivity index (χ3v) is 5.93. The minimum absolute atomic E-state index is 0.147. The number of hydrogen-bond donors (Lipinski definition) is 1. The summed E-state index contributed by atoms with van der Waals surface area (Å²) in [5.74, 6) is 1.94. The Morgan fingerprint density at radius 1 is 1.09 bits per heavy atom. The van der Waals surface area contributed by atoms with Gasteiger partial charge in [0.1, 0.15) is 6.61 Å². The van der Waals surface area contributed by atoms with E-state index in [-0.39, 0.29) is 18.3 Å². The number of rotatable bonds is 10. The molecule has 1 amide bonds. The van der Waals surface area contributed by atoms with Crippen LogP contribution in [0, 0.1) is 6.92 Å². The molecule has 0 radical (unpaired) electrons. The first kappa shape index (κ1) is 24.2. The second-order valence-corrected chi connectivity index (χ2v) is 8.56. The van der Waals surface area contributed by atoms with Crippen LogP contribution in [-0.4, -0.2) is 33.0 Å². The summed E-state index contributed by atoms with van der Waals surface area (Å²) in [7, 11) is 0. The van der Waals surface area contributed by atoms with Gasteiger partial charge in [0, 0.05) is 11.6 Å². The van der Waals surface area contributed by atoms with Crippen LogP contribution in [0.3, 0.4) is 0 Å². The highest BCUT2D eigenvalue weighted by Gasteiger charge is 2.15. The Hall–Kier alpha value is -2.42. The van der Waals surface area contributed by atoms with E-state index >= 15 is 0 Å². The fraction of sp³-hybridized carbons (Fsp3) is 0.318. The van der Waals surface area contributed by atoms with Crippen LogP contribution in [0.4, 0.5) is 5.69 Å². The van der Waals surface area contributed by atoms with Crippen molar-refractivity contribution < 1.29 is 14.3 Å². The predicted octanol–water partition coefficient (Wildman–Crippen LogP) is 5.62. The van der Waals surface area contributed by atoms with Gasteiger partial charge in [-0.3, -0.25) is 4.79 Å². The molecule has 32 heavy (non-hydrogen) atoms. The van der Waals surface area contributed by atoms with Crippen LogP contribution in [0.2, 0.25) is 10.0 Å². The lowest BCUT2D eigenvalue weighted by molar-refractivity contribution is -0.113. The molecule has 0 aliphatic heterocycles. The molecule has 3 aromatic rings. The van der Waals surface area contributed by atoms with Crippen LogP contribution in [0.1, 0.15) is 25.2 Å². The molecule has 0 bridgehead atoms. The summed E-state index contributed by atoms with van der Waals surface area (Å²) in [6, 6.07) is 10.7. The second-order valence-electron chi connectivity index (χ2n) is 6.78. The first-order valence-electron chi connectivity index (χ1n) is 10.1. The van der Waals surface area contributed by atoms with Crippen molar-refractivity contribution in [3.63, 3.8) is 0 Å². The quantitative estimate of drug-likeness (QED) is 0.368. The van der Waals surface area contributed by atoms with Gasteiger partial charge in [0.25, 0.3) is 0 Å². The van der Waals surface area contributed by atoms with Gasteiger partial charge in [-0.1, -0.05) is 41.0 Å². The number of thioether (sulfide) groups is 1. The van der Waals surface area contributed by atoms with Crippen molar-refractivity contribution in [1.29, 1.82) is 0 Å². The zero-order valence-corrected chi connectivity index (χ0v) is 20.4. The number of nitrogens with one attached hydrogen (secondary N) is 1. The van der Waals surface area contributed by atoms with Crippen LogP contribution in [0.15, 0.2) is 41.6 Å². The lowest BCUT2D eigenvalue weighted by Crippen LogP contribution is -2.15. The van der Waals surface area contributed by atoms with Gasteiger partial charge in [-0.05, 0) is 56.7 Å². The molecule has 7 nitrogen and oxygen atoms in total. The number of anilines is 1. The Balaban J connectivity index is 1.62. The summed E-state index contributed by atoms with van der Waals surface area (Å²) in [6.07, 6.45) is 0. The van der Waals surface area contributed by atoms with Crippen LogP contribution < -0.4 is 14.8 Å². The minimum Gasteiger partial charge on any atom is -0.490 e. The van der Waals surface area contributed by atoms with Gasteiger partial charge < -0.3 is 19.4 Å². The van der Waals surface area contributed by atoms with Crippen molar-refractivity contribution in [2.24, 2.45) is 0 Å². The fourth-order valence-corrected chi connectivity index (χ4v) is 4.06. The van der Waals surface area contributed by atoms with Crippen molar-refractivity contribution in [3.8, 4) is 11.5 Å². The summed E-state index contributed by atoms with van der Waals surface area (Å²) < 4.78 is 13.5. The van der Waals surface area contributed by atoms with Crippen LogP contribution in [0.5, 0.6) is 11.5 Å². The smallest absolute Gasteiger partial charge is 0.234 e. The largest absolute Gasteiger partial charge is 0.490 e. The van der Waals surface area contributed by atoms with Gasteiger partial charge in [-0.15, -0.1) is 10.2 Å². The number of nitrogens with zero attached hydrogens (tertiary/aromatic N) is 3. The molecule has 0 saturated heterocycles. The Bertz CT molecular complexity index is 1090. The Labute approximate surface area is 201 Å². The SMILES string of the molecule is CCOc1cc(C)ccc1OCc1nnc(SCC(=O)Nc2cc(Cl)ccc2Cl)n1CC. The molecule has 0 unspecified atom stereocenters. The highest BCUT2D eigenvalue weighted by Crippen LogP contribution is 2.29. The van der Waals surface area contributed by atoms with Crippen LogP contribution in [0.25, 0.3) is 0 Å². The van der Waals surface area contributed by atoms with Gasteiger partial charge >= 0.3 is 0 Å². The first-order valence-corrected chi connectivity index (χ1v) is 11.8. The number of ether oxygens (including phenoxy) is 2. The van der Waals surface area contributed by atoms with E-state index in [9.17, 15) is 4.79 Å². The summed E-state index contributed by atoms with van der Waals surface area (Å²) in [5, 5.41) is 12.8. The molecule has 0 spiro atoms. The highest BCUT2D eigenvalue weighted by molar-refractivity contribution is 7.99. The lowest BCUT2D eigenvalue weighted by Gasteiger charge is -2.13. The van der Waals surface area contributed by atoms with Crippen LogP contribution in [-0.2, 0) is 17.9 Å². The summed E-state index contributed by atoms with van der Waals surface area (Å²) in [5.41, 5.74) is 1.56. The predicted molar refractivity (Wildman–Crippen MR) is 128 cm³/mol. The maximum absolute atomic E-state index is 12.4. The zero-order chi connectivity index (χ0) is 23.1. The van der Waals surface area contributed by atoms with Crippen molar-refractivity contribution in [2.45, 2.75) is 39.1 Å². The molecule has 170 valence electrons. The standard InChI is InChI=1S/C22H24Cl2N4O3S/c1-4-28-20(12-31-18-9-6-14(3)10-19(18)30-5-2)26-27-22(28)32-13-21(29)25-17-11-15(23)7-8-16(17)24/h6-11H,4-5,12-13H2,1-3H3,(H,25,29). The van der Waals surface area contributed by atoms with Crippen molar-refractivity contribution in [2.75, 3.05) is 17.7 Å². The maximum Gasteiger partial charge on any atom is 0.234 e. The van der Waals surface area contributed by atoms with E-state index in [1.54, 1.807) is 18.2 Å². The first-order chi connectivity index (χ1) is 15.4. The fourth-order valence-electron chi connectivity index (χ4n) is 2.91. The number of carbonyl (C=O) groups is 1. The third kappa shape index (κ3) is 6.31. The average Bonchev–Trinajstić information content (AvgIpc) is 3.16. The maximum atomic E-state index is 12.4. The summed E-state index contributed by atoms with van der Waals surface area (Å²) >= 11 is 13.4. The van der Waals surface area contributed by atoms with Crippen molar-refractivity contribution in [3.05, 3.63) is 57.8 Å². The Morgan fingerprint density at radius 3 is 2.66 bits per heavy atom. The molecule has 1 aromatic heterocycles. The van der Waals surface area contributed by atoms with E-state index in [1.165, 1.54) is 11.8 Å². The van der Waals surface area contributed by atoms with Gasteiger partial charge in [0.15, 0.2) is 22.5 Å². The van der Waals surface area contributed by atoms with E-state index in [4.69, 9.17) is 32.7 Å². The molecule has 0 aliphatic rings. The zero-order valence-electron chi connectivity index (χ0n) is 18.0. The molecule has 2 aromatic carbocycles. The number of benzene rings is 2. The minimum atomic E-state index is -0.219. The van der Waals surface area contributed by atoms with E-state index in [0.29, 0.717) is 51.4 Å². The normalized spacial score (nSPS) is 10.8. The van der Waals surface area contributed by atoms with E-state index in [1.807, 2.05) is 43.5 Å². The number of aromatic nitrogens is 3. The molecule has 0 atom stereocenters. The van der Waals surface area contributed by atoms with Gasteiger partial charge in [0.2, 0.25) is 5.91 Å². The number of aryl methyl sites for hydroxylation is 1. The Morgan fingerprint density at radius 2 is 1.91 bits per heavy atom. The monoisotopic (exact) mass is 494 g/mol. The molecular formula is C22H24Cl2N4O3S. The molecule has 10 heteroatoms. The van der Waals surface area contributed by atoms with Crippen LogP contribution >= 0.6 is 35.0 Å². The third-order valence-electron chi connectivity index (χ3n) is 4.40. The molecule has 3 rings (SSSR count). The average molecular weight is 495 g/mol. The highest BCUT2D eigenvalue weighted by atomic mass is 35.5. The van der Waals surface area contributed by atoms with Crippen molar-refractivity contribution in [1.82, 2.24) is 14.8 Å². The van der Waals surface area contributed by atoms with Crippen molar-refractivity contribution >= 4 is 46.6 Å². The molecular weight excluding hydrogens is 471 g/mol. The van der Waals surface area contributed by atoms with E-state index in [0.717, 1.165) is 5.56 Å². The number of hydrogen-bond acceptors (Lipinski definition) is 6. The molecule has 0 fully saturated rings. The van der Waals surface area contributed by atoms with Gasteiger partial charge in [-0.2, -0.15) is 0 Å². The summed E-state index contributed by atoms with van der Waals surface area (Å²) in [4.78, 5) is 12.4. The van der Waals surface area contributed by atoms with Gasteiger partial charge in [0.05, 0.1) is 23.1 Å². The Kier molecular flexibility index (Phi) is 8.67.